The predicted octanol–water partition coefficient (Wildman–Crippen LogP) is 4.69. The molecule has 0 unspecified atom stereocenters. The topological polar surface area (TPSA) is 113 Å². The van der Waals surface area contributed by atoms with Crippen LogP contribution in [0.3, 0.4) is 0 Å². The maximum atomic E-state index is 14.1. The number of morpholine rings is 1. The number of imidazole rings is 1. The van der Waals surface area contributed by atoms with Gasteiger partial charge in [0.1, 0.15) is 5.82 Å². The van der Waals surface area contributed by atoms with Gasteiger partial charge in [-0.1, -0.05) is 24.3 Å². The number of ether oxygens (including phenoxy) is 1. The molecule has 11 nitrogen and oxygen atoms in total. The molecule has 1 saturated heterocycles. The second kappa shape index (κ2) is 13.0. The molecule has 0 atom stereocenters. The third-order valence-corrected chi connectivity index (χ3v) is 8.14. The molecule has 14 heteroatoms. The SMILES string of the molecule is CN(C(=O)NCc1ccc(F)cc1)[C@H]1CC[C@H](Nc2nc(N3CCOCC3)nc(-n3c(C(F)F)nc4ccccc43)n2)CC1. The van der Waals surface area contributed by atoms with Gasteiger partial charge in [-0.25, -0.2) is 22.9 Å². The van der Waals surface area contributed by atoms with Crippen molar-refractivity contribution in [1.29, 1.82) is 0 Å². The molecule has 0 bridgehead atoms. The van der Waals surface area contributed by atoms with E-state index >= 15 is 0 Å². The standard InChI is InChI=1S/C30H34F3N9O2/c1-40(30(43)34-18-19-6-8-20(31)9-7-19)22-12-10-21(11-13-22)35-27-37-28(41-14-16-44-17-15-41)39-29(38-27)42-24-5-3-2-4-23(24)36-26(42)25(32)33/h2-9,21-22,25H,10-18H2,1H3,(H,34,43)(H,35,37,38,39)/t21-,22-. The summed E-state index contributed by atoms with van der Waals surface area (Å²) in [6.45, 7) is 2.46. The van der Waals surface area contributed by atoms with Gasteiger partial charge in [-0.3, -0.25) is 4.57 Å². The second-order valence-electron chi connectivity index (χ2n) is 11.0. The smallest absolute Gasteiger partial charge is 0.317 e. The molecule has 0 spiro atoms. The number of amides is 2. The lowest BCUT2D eigenvalue weighted by Gasteiger charge is -2.35. The lowest BCUT2D eigenvalue weighted by molar-refractivity contribution is 0.122. The Morgan fingerprint density at radius 1 is 0.977 bits per heavy atom. The summed E-state index contributed by atoms with van der Waals surface area (Å²) in [6, 6.07) is 12.8. The first-order chi connectivity index (χ1) is 21.4. The number of anilines is 2. The molecule has 2 aliphatic rings. The number of alkyl halides is 2. The minimum absolute atomic E-state index is 0.0174. The number of para-hydroxylation sites is 2. The zero-order valence-electron chi connectivity index (χ0n) is 24.3. The number of carbonyl (C=O) groups excluding carboxylic acids is 1. The lowest BCUT2D eigenvalue weighted by atomic mass is 9.90. The van der Waals surface area contributed by atoms with E-state index in [1.165, 1.54) is 16.7 Å². The van der Waals surface area contributed by atoms with Crippen molar-refractivity contribution in [2.45, 2.75) is 50.7 Å². The van der Waals surface area contributed by atoms with Crippen LogP contribution in [0.5, 0.6) is 0 Å². The van der Waals surface area contributed by atoms with Crippen molar-refractivity contribution in [3.05, 3.63) is 65.7 Å². The van der Waals surface area contributed by atoms with E-state index < -0.39 is 12.2 Å². The van der Waals surface area contributed by atoms with Crippen LogP contribution in [0.2, 0.25) is 0 Å². The number of rotatable bonds is 8. The van der Waals surface area contributed by atoms with Crippen LogP contribution in [-0.4, -0.2) is 80.9 Å². The van der Waals surface area contributed by atoms with Crippen molar-refractivity contribution in [2.75, 3.05) is 43.6 Å². The number of benzene rings is 2. The maximum absolute atomic E-state index is 14.1. The van der Waals surface area contributed by atoms with Gasteiger partial charge >= 0.3 is 6.03 Å². The molecule has 2 amide bonds. The van der Waals surface area contributed by atoms with Gasteiger partial charge in [0, 0.05) is 38.8 Å². The van der Waals surface area contributed by atoms with Gasteiger partial charge in [-0.15, -0.1) is 0 Å². The number of halogens is 3. The number of urea groups is 1. The molecule has 3 heterocycles. The molecular formula is C30H34F3N9O2. The average Bonchev–Trinajstić information content (AvgIpc) is 3.45. The number of hydrogen-bond donors (Lipinski definition) is 2. The molecule has 232 valence electrons. The van der Waals surface area contributed by atoms with Gasteiger partial charge in [0.25, 0.3) is 6.43 Å². The van der Waals surface area contributed by atoms with E-state index in [0.717, 1.165) is 31.2 Å². The Kier molecular flexibility index (Phi) is 8.77. The third-order valence-electron chi connectivity index (χ3n) is 8.14. The number of nitrogens with one attached hydrogen (secondary N) is 2. The first-order valence-electron chi connectivity index (χ1n) is 14.7. The zero-order chi connectivity index (χ0) is 30.6. The van der Waals surface area contributed by atoms with Gasteiger partial charge in [0.15, 0.2) is 5.82 Å². The molecule has 2 fully saturated rings. The highest BCUT2D eigenvalue weighted by atomic mass is 19.3. The van der Waals surface area contributed by atoms with E-state index in [1.807, 2.05) is 4.90 Å². The summed E-state index contributed by atoms with van der Waals surface area (Å²) in [5, 5.41) is 6.30. The summed E-state index contributed by atoms with van der Waals surface area (Å²) in [6.07, 6.45) is 0.194. The number of nitrogens with zero attached hydrogens (tertiary/aromatic N) is 7. The number of fused-ring (bicyclic) bond motifs is 1. The lowest BCUT2D eigenvalue weighted by Crippen LogP contribution is -2.46. The van der Waals surface area contributed by atoms with E-state index in [0.29, 0.717) is 55.8 Å². The molecule has 6 rings (SSSR count). The molecule has 4 aromatic rings. The van der Waals surface area contributed by atoms with Crippen LogP contribution in [0.1, 0.15) is 43.5 Å². The van der Waals surface area contributed by atoms with Gasteiger partial charge < -0.3 is 25.2 Å². The molecule has 2 N–H and O–H groups in total. The van der Waals surface area contributed by atoms with Crippen molar-refractivity contribution in [3.8, 4) is 5.95 Å². The fraction of sp³-hybridized carbons (Fsp3) is 0.433. The van der Waals surface area contributed by atoms with Crippen LogP contribution in [0.25, 0.3) is 17.0 Å². The summed E-state index contributed by atoms with van der Waals surface area (Å²) < 4.78 is 48.2. The highest BCUT2D eigenvalue weighted by molar-refractivity contribution is 5.77. The summed E-state index contributed by atoms with van der Waals surface area (Å²) in [4.78, 5) is 34.5. The Morgan fingerprint density at radius 2 is 1.68 bits per heavy atom. The van der Waals surface area contributed by atoms with E-state index in [1.54, 1.807) is 48.3 Å². The Labute approximate surface area is 252 Å². The normalized spacial score (nSPS) is 18.9. The van der Waals surface area contributed by atoms with Crippen molar-refractivity contribution in [3.63, 3.8) is 0 Å². The fourth-order valence-corrected chi connectivity index (χ4v) is 5.68. The van der Waals surface area contributed by atoms with Gasteiger partial charge in [0.05, 0.1) is 24.2 Å². The zero-order valence-corrected chi connectivity index (χ0v) is 24.3. The summed E-state index contributed by atoms with van der Waals surface area (Å²) >= 11 is 0. The van der Waals surface area contributed by atoms with Crippen molar-refractivity contribution < 1.29 is 22.7 Å². The molecule has 1 aliphatic carbocycles. The van der Waals surface area contributed by atoms with E-state index in [-0.39, 0.29) is 29.9 Å². The van der Waals surface area contributed by atoms with Crippen molar-refractivity contribution >= 4 is 29.0 Å². The summed E-state index contributed by atoms with van der Waals surface area (Å²) in [5.41, 5.74) is 1.72. The van der Waals surface area contributed by atoms with Crippen LogP contribution < -0.4 is 15.5 Å². The molecule has 2 aromatic carbocycles. The molecule has 1 saturated carbocycles. The van der Waals surface area contributed by atoms with E-state index in [4.69, 9.17) is 4.74 Å². The maximum Gasteiger partial charge on any atom is 0.317 e. The van der Waals surface area contributed by atoms with Crippen molar-refractivity contribution in [1.82, 2.24) is 34.7 Å². The van der Waals surface area contributed by atoms with Crippen molar-refractivity contribution in [2.24, 2.45) is 0 Å². The number of aromatic nitrogens is 5. The fourth-order valence-electron chi connectivity index (χ4n) is 5.68. The predicted molar refractivity (Wildman–Crippen MR) is 159 cm³/mol. The molecular weight excluding hydrogens is 575 g/mol. The van der Waals surface area contributed by atoms with Crippen LogP contribution in [-0.2, 0) is 11.3 Å². The molecule has 1 aliphatic heterocycles. The molecule has 2 aromatic heterocycles. The number of hydrogen-bond acceptors (Lipinski definition) is 8. The monoisotopic (exact) mass is 609 g/mol. The summed E-state index contributed by atoms with van der Waals surface area (Å²) in [5.74, 6) is -0.00783. The highest BCUT2D eigenvalue weighted by Gasteiger charge is 2.29. The minimum Gasteiger partial charge on any atom is -0.378 e. The van der Waals surface area contributed by atoms with Crippen LogP contribution in [0.4, 0.5) is 29.9 Å². The van der Waals surface area contributed by atoms with Gasteiger partial charge in [-0.2, -0.15) is 15.0 Å². The Morgan fingerprint density at radius 3 is 2.41 bits per heavy atom. The quantitative estimate of drug-likeness (QED) is 0.296. The Hall–Kier alpha value is -4.46. The number of carbonyl (C=O) groups is 1. The summed E-state index contributed by atoms with van der Waals surface area (Å²) in [7, 11) is 1.78. The van der Waals surface area contributed by atoms with E-state index in [2.05, 4.69) is 30.6 Å². The molecule has 44 heavy (non-hydrogen) atoms. The Bertz CT molecular complexity index is 1590. The Balaban J connectivity index is 1.17. The third kappa shape index (κ3) is 6.54. The van der Waals surface area contributed by atoms with Gasteiger partial charge in [0.2, 0.25) is 17.8 Å². The minimum atomic E-state index is -2.83. The second-order valence-corrected chi connectivity index (χ2v) is 11.0. The average molecular weight is 610 g/mol. The van der Waals surface area contributed by atoms with Crippen LogP contribution in [0.15, 0.2) is 48.5 Å². The highest BCUT2D eigenvalue weighted by Crippen LogP contribution is 2.29. The van der Waals surface area contributed by atoms with Crippen LogP contribution in [0, 0.1) is 5.82 Å². The first kappa shape index (κ1) is 29.6. The van der Waals surface area contributed by atoms with Crippen LogP contribution >= 0.6 is 0 Å². The largest absolute Gasteiger partial charge is 0.378 e. The molecule has 0 radical (unpaired) electrons. The van der Waals surface area contributed by atoms with E-state index in [9.17, 15) is 18.0 Å². The first-order valence-corrected chi connectivity index (χ1v) is 14.7. The van der Waals surface area contributed by atoms with Gasteiger partial charge in [-0.05, 0) is 55.5 Å².